The van der Waals surface area contributed by atoms with Crippen molar-refractivity contribution in [3.05, 3.63) is 24.8 Å². The number of hydrogen-bond donors (Lipinski definition) is 2. The van der Waals surface area contributed by atoms with Crippen LogP contribution in [-0.4, -0.2) is 88.3 Å². The average Bonchev–Trinajstić information content (AvgIpc) is 3.12. The average molecular weight is 518 g/mol. The van der Waals surface area contributed by atoms with Crippen molar-refractivity contribution in [3.63, 3.8) is 0 Å². The van der Waals surface area contributed by atoms with Gasteiger partial charge in [-0.1, -0.05) is 13.0 Å². The molecule has 0 atom stereocenters. The van der Waals surface area contributed by atoms with Crippen LogP contribution in [0.3, 0.4) is 0 Å². The van der Waals surface area contributed by atoms with Crippen LogP contribution in [0.25, 0.3) is 0 Å². The molecule has 29 heavy (non-hydrogen) atoms. The van der Waals surface area contributed by atoms with Crippen molar-refractivity contribution in [2.24, 2.45) is 4.99 Å². The van der Waals surface area contributed by atoms with Gasteiger partial charge in [0, 0.05) is 51.7 Å². The Morgan fingerprint density at radius 3 is 2.69 bits per heavy atom. The van der Waals surface area contributed by atoms with Crippen molar-refractivity contribution in [2.45, 2.75) is 39.8 Å². The molecule has 1 aromatic heterocycles. The first-order chi connectivity index (χ1) is 13.5. The summed E-state index contributed by atoms with van der Waals surface area (Å²) in [4.78, 5) is 21.2. The first-order valence-electron chi connectivity index (χ1n) is 10.1. The third-order valence-electron chi connectivity index (χ3n) is 4.51. The number of aliphatic imine (C=N–C) groups is 1. The number of aryl methyl sites for hydroxylation is 1. The van der Waals surface area contributed by atoms with Crippen molar-refractivity contribution in [2.75, 3.05) is 45.8 Å². The predicted molar refractivity (Wildman–Crippen MR) is 127 cm³/mol. The van der Waals surface area contributed by atoms with Crippen LogP contribution < -0.4 is 10.6 Å². The van der Waals surface area contributed by atoms with E-state index in [0.717, 1.165) is 50.9 Å². The standard InChI is InChI=1S/C19H34N8O.HI/c1-5-7-20-19(21-8-9-27-15-22-24-17(27)6-2)26-12-10-25(11-13-26)14-18(28)23-16(3)4;/h5,15-16H,1,6-14H2,2-4H3,(H,20,21)(H,23,28);1H. The summed E-state index contributed by atoms with van der Waals surface area (Å²) in [5.41, 5.74) is 0. The molecule has 1 aliphatic rings. The summed E-state index contributed by atoms with van der Waals surface area (Å²) in [6, 6.07) is 0.176. The maximum Gasteiger partial charge on any atom is 0.234 e. The molecule has 1 saturated heterocycles. The van der Waals surface area contributed by atoms with Crippen LogP contribution in [0.15, 0.2) is 24.0 Å². The molecule has 1 fully saturated rings. The summed E-state index contributed by atoms with van der Waals surface area (Å²) in [6.45, 7) is 15.7. The van der Waals surface area contributed by atoms with Crippen molar-refractivity contribution in [3.8, 4) is 0 Å². The number of nitrogens with zero attached hydrogens (tertiary/aromatic N) is 6. The van der Waals surface area contributed by atoms with Crippen LogP contribution in [0.5, 0.6) is 0 Å². The number of aromatic nitrogens is 3. The number of hydrogen-bond acceptors (Lipinski definition) is 5. The van der Waals surface area contributed by atoms with Crippen LogP contribution in [0.1, 0.15) is 26.6 Å². The molecule has 1 aromatic rings. The number of halogens is 1. The minimum Gasteiger partial charge on any atom is -0.353 e. The number of rotatable bonds is 9. The highest BCUT2D eigenvalue weighted by atomic mass is 127. The van der Waals surface area contributed by atoms with Gasteiger partial charge in [-0.25, -0.2) is 0 Å². The fourth-order valence-electron chi connectivity index (χ4n) is 3.12. The van der Waals surface area contributed by atoms with Crippen molar-refractivity contribution >= 4 is 35.8 Å². The summed E-state index contributed by atoms with van der Waals surface area (Å²) in [5, 5.41) is 14.4. The molecule has 0 radical (unpaired) electrons. The lowest BCUT2D eigenvalue weighted by atomic mass is 10.3. The van der Waals surface area contributed by atoms with Gasteiger partial charge in [-0.2, -0.15) is 0 Å². The normalized spacial score (nSPS) is 15.2. The zero-order valence-electron chi connectivity index (χ0n) is 17.8. The number of carbonyl (C=O) groups is 1. The van der Waals surface area contributed by atoms with E-state index >= 15 is 0 Å². The molecule has 0 spiro atoms. The van der Waals surface area contributed by atoms with Gasteiger partial charge in [0.05, 0.1) is 13.1 Å². The molecular weight excluding hydrogens is 483 g/mol. The van der Waals surface area contributed by atoms with Crippen LogP contribution >= 0.6 is 24.0 Å². The second-order valence-electron chi connectivity index (χ2n) is 7.15. The molecular formula is C19H35IN8O. The Balaban J connectivity index is 0.00000420. The maximum atomic E-state index is 12.0. The molecule has 9 nitrogen and oxygen atoms in total. The Hall–Kier alpha value is -1.69. The Labute approximate surface area is 191 Å². The summed E-state index contributed by atoms with van der Waals surface area (Å²) < 4.78 is 2.04. The fourth-order valence-corrected chi connectivity index (χ4v) is 3.12. The largest absolute Gasteiger partial charge is 0.353 e. The second kappa shape index (κ2) is 13.5. The van der Waals surface area contributed by atoms with Crippen LogP contribution in [0.2, 0.25) is 0 Å². The Morgan fingerprint density at radius 2 is 2.07 bits per heavy atom. The quantitative estimate of drug-likeness (QED) is 0.217. The van der Waals surface area contributed by atoms with E-state index in [0.29, 0.717) is 19.6 Å². The summed E-state index contributed by atoms with van der Waals surface area (Å²) in [5.74, 6) is 1.95. The van der Waals surface area contributed by atoms with Gasteiger partial charge in [0.1, 0.15) is 12.2 Å². The number of piperazine rings is 1. The molecule has 0 aromatic carbocycles. The lowest BCUT2D eigenvalue weighted by Crippen LogP contribution is -2.54. The Bertz CT molecular complexity index is 652. The summed E-state index contributed by atoms with van der Waals surface area (Å²) in [7, 11) is 0. The topological polar surface area (TPSA) is 90.7 Å². The highest BCUT2D eigenvalue weighted by molar-refractivity contribution is 14.0. The molecule has 2 heterocycles. The summed E-state index contributed by atoms with van der Waals surface area (Å²) >= 11 is 0. The lowest BCUT2D eigenvalue weighted by molar-refractivity contribution is -0.123. The van der Waals surface area contributed by atoms with E-state index in [-0.39, 0.29) is 35.9 Å². The van der Waals surface area contributed by atoms with Crippen molar-refractivity contribution < 1.29 is 4.79 Å². The van der Waals surface area contributed by atoms with E-state index in [2.05, 4.69) is 44.1 Å². The Morgan fingerprint density at radius 1 is 1.34 bits per heavy atom. The van der Waals surface area contributed by atoms with Crippen LogP contribution in [0.4, 0.5) is 0 Å². The zero-order chi connectivity index (χ0) is 20.4. The third kappa shape index (κ3) is 8.69. The third-order valence-corrected chi connectivity index (χ3v) is 4.51. The van der Waals surface area contributed by atoms with E-state index in [4.69, 9.17) is 4.99 Å². The molecule has 2 N–H and O–H groups in total. The van der Waals surface area contributed by atoms with Crippen molar-refractivity contribution in [1.82, 2.24) is 35.2 Å². The van der Waals surface area contributed by atoms with Gasteiger partial charge in [-0.3, -0.25) is 14.7 Å². The van der Waals surface area contributed by atoms with Gasteiger partial charge in [-0.15, -0.1) is 40.8 Å². The van der Waals surface area contributed by atoms with Crippen molar-refractivity contribution in [1.29, 1.82) is 0 Å². The van der Waals surface area contributed by atoms with Gasteiger partial charge in [0.25, 0.3) is 0 Å². The van der Waals surface area contributed by atoms with Gasteiger partial charge < -0.3 is 20.1 Å². The minimum atomic E-state index is 0. The lowest BCUT2D eigenvalue weighted by Gasteiger charge is -2.36. The molecule has 1 aliphatic heterocycles. The first-order valence-corrected chi connectivity index (χ1v) is 10.1. The van der Waals surface area contributed by atoms with E-state index in [1.807, 2.05) is 24.5 Å². The molecule has 10 heteroatoms. The Kier molecular flexibility index (Phi) is 11.8. The van der Waals surface area contributed by atoms with Crippen LogP contribution in [-0.2, 0) is 17.8 Å². The highest BCUT2D eigenvalue weighted by Gasteiger charge is 2.21. The molecule has 0 bridgehead atoms. The first kappa shape index (κ1) is 25.3. The summed E-state index contributed by atoms with van der Waals surface area (Å²) in [6.07, 6.45) is 4.45. The molecule has 164 valence electrons. The van der Waals surface area contributed by atoms with Crippen LogP contribution in [0, 0.1) is 0 Å². The molecule has 1 amide bonds. The number of nitrogens with one attached hydrogen (secondary N) is 2. The maximum absolute atomic E-state index is 12.0. The van der Waals surface area contributed by atoms with E-state index in [1.54, 1.807) is 6.33 Å². The molecule has 0 aliphatic carbocycles. The van der Waals surface area contributed by atoms with Gasteiger partial charge >= 0.3 is 0 Å². The number of amides is 1. The van der Waals surface area contributed by atoms with E-state index in [9.17, 15) is 4.79 Å². The SMILES string of the molecule is C=CCNC(=NCCn1cnnc1CC)N1CCN(CC(=O)NC(C)C)CC1.I. The van der Waals surface area contributed by atoms with E-state index in [1.165, 1.54) is 0 Å². The fraction of sp³-hybridized carbons (Fsp3) is 0.684. The number of guanidine groups is 1. The smallest absolute Gasteiger partial charge is 0.234 e. The second-order valence-corrected chi connectivity index (χ2v) is 7.15. The monoisotopic (exact) mass is 518 g/mol. The zero-order valence-corrected chi connectivity index (χ0v) is 20.1. The molecule has 0 unspecified atom stereocenters. The molecule has 2 rings (SSSR count). The van der Waals surface area contributed by atoms with Gasteiger partial charge in [0.15, 0.2) is 5.96 Å². The minimum absolute atomic E-state index is 0. The highest BCUT2D eigenvalue weighted by Crippen LogP contribution is 2.03. The van der Waals surface area contributed by atoms with E-state index < -0.39 is 0 Å². The van der Waals surface area contributed by atoms with Gasteiger partial charge in [0.2, 0.25) is 5.91 Å². The number of carbonyl (C=O) groups excluding carboxylic acids is 1. The van der Waals surface area contributed by atoms with Gasteiger partial charge in [-0.05, 0) is 13.8 Å². The molecule has 0 saturated carbocycles. The predicted octanol–water partition coefficient (Wildman–Crippen LogP) is 0.732.